The quantitative estimate of drug-likeness (QED) is 0.301. The second kappa shape index (κ2) is 6.73. The molecule has 0 spiro atoms. The zero-order valence-corrected chi connectivity index (χ0v) is 12.4. The van der Waals surface area contributed by atoms with E-state index in [0.29, 0.717) is 17.0 Å². The Morgan fingerprint density at radius 2 is 2.04 bits per heavy atom. The third-order valence-electron chi connectivity index (χ3n) is 3.20. The average Bonchev–Trinajstić information content (AvgIpc) is 2.86. The lowest BCUT2D eigenvalue weighted by molar-refractivity contribution is -0.116. The van der Waals surface area contributed by atoms with Crippen molar-refractivity contribution in [1.29, 1.82) is 0 Å². The number of imide groups is 2. The number of amides is 4. The van der Waals surface area contributed by atoms with Crippen LogP contribution >= 0.6 is 0 Å². The molecule has 1 fully saturated rings. The van der Waals surface area contributed by atoms with Crippen LogP contribution < -0.4 is 4.90 Å². The van der Waals surface area contributed by atoms with Gasteiger partial charge in [-0.3, -0.25) is 4.79 Å². The second-order valence-corrected chi connectivity index (χ2v) is 4.70. The molecule has 1 aromatic carbocycles. The van der Waals surface area contributed by atoms with Crippen molar-refractivity contribution in [2.24, 2.45) is 5.16 Å². The van der Waals surface area contributed by atoms with Crippen molar-refractivity contribution in [2.75, 3.05) is 18.1 Å². The molecule has 1 N–H and O–H groups in total. The van der Waals surface area contributed by atoms with Crippen LogP contribution in [0.1, 0.15) is 12.5 Å². The Bertz CT molecular complexity index is 681. The normalized spacial score (nSPS) is 15.1. The van der Waals surface area contributed by atoms with Crippen LogP contribution in [0.3, 0.4) is 0 Å². The molecule has 4 amide bonds. The summed E-state index contributed by atoms with van der Waals surface area (Å²) in [6.07, 6.45) is 0.465. The van der Waals surface area contributed by atoms with Gasteiger partial charge in [-0.2, -0.15) is 0 Å². The van der Waals surface area contributed by atoms with E-state index in [-0.39, 0.29) is 13.2 Å². The van der Waals surface area contributed by atoms with E-state index >= 15 is 0 Å². The van der Waals surface area contributed by atoms with E-state index < -0.39 is 18.0 Å². The summed E-state index contributed by atoms with van der Waals surface area (Å²) in [5, 5.41) is 11.8. The molecule has 0 aliphatic carbocycles. The Balaban J connectivity index is 2.20. The fourth-order valence-corrected chi connectivity index (χ4v) is 2.02. The van der Waals surface area contributed by atoms with Crippen molar-refractivity contribution < 1.29 is 24.3 Å². The first-order valence-electron chi connectivity index (χ1n) is 6.70. The minimum atomic E-state index is -0.898. The first-order valence-corrected chi connectivity index (χ1v) is 6.70. The highest BCUT2D eigenvalue weighted by Crippen LogP contribution is 2.22. The maximum absolute atomic E-state index is 12.2. The van der Waals surface area contributed by atoms with Gasteiger partial charge in [-0.25, -0.2) is 19.4 Å². The Kier molecular flexibility index (Phi) is 4.75. The number of benzene rings is 1. The molecule has 1 aromatic rings. The molecule has 1 aliphatic rings. The van der Waals surface area contributed by atoms with E-state index in [1.807, 2.05) is 0 Å². The topological polar surface area (TPSA) is 99.5 Å². The highest BCUT2D eigenvalue weighted by molar-refractivity contribution is 6.23. The SMILES string of the molecule is C=CCOC(=O)N1CC(=O)N(c2ccc(/C(C)=N/O)cc2)C1=O. The number of ether oxygens (including phenoxy) is 1. The van der Waals surface area contributed by atoms with Gasteiger partial charge in [0.25, 0.3) is 5.91 Å². The third kappa shape index (κ3) is 3.20. The fourth-order valence-electron chi connectivity index (χ4n) is 2.02. The summed E-state index contributed by atoms with van der Waals surface area (Å²) >= 11 is 0. The Labute approximate surface area is 132 Å². The standard InChI is InChI=1S/C15H15N3O5/c1-3-8-23-15(21)17-9-13(19)18(14(17)20)12-6-4-11(5-7-12)10(2)16-22/h3-7,22H,1,8-9H2,2H3/b16-10+. The van der Waals surface area contributed by atoms with Crippen molar-refractivity contribution in [1.82, 2.24) is 4.90 Å². The molecule has 0 radical (unpaired) electrons. The highest BCUT2D eigenvalue weighted by atomic mass is 16.6. The van der Waals surface area contributed by atoms with E-state index in [2.05, 4.69) is 11.7 Å². The molecule has 8 heteroatoms. The van der Waals surface area contributed by atoms with Gasteiger partial charge >= 0.3 is 12.1 Å². The lowest BCUT2D eigenvalue weighted by atomic mass is 10.1. The number of carbonyl (C=O) groups is 3. The molecule has 0 bridgehead atoms. The van der Waals surface area contributed by atoms with E-state index in [1.165, 1.54) is 18.2 Å². The molecule has 0 unspecified atom stereocenters. The molecule has 1 saturated heterocycles. The van der Waals surface area contributed by atoms with Crippen LogP contribution in [-0.4, -0.2) is 47.0 Å². The van der Waals surface area contributed by atoms with Crippen LogP contribution in [0.15, 0.2) is 42.1 Å². The van der Waals surface area contributed by atoms with Gasteiger partial charge in [0.05, 0.1) is 11.4 Å². The minimum absolute atomic E-state index is 0.0503. The van der Waals surface area contributed by atoms with Crippen LogP contribution in [0.5, 0.6) is 0 Å². The number of hydrogen-bond acceptors (Lipinski definition) is 6. The summed E-state index contributed by atoms with van der Waals surface area (Å²) in [7, 11) is 0. The molecular weight excluding hydrogens is 302 g/mol. The molecule has 23 heavy (non-hydrogen) atoms. The number of urea groups is 1. The molecule has 0 aromatic heterocycles. The predicted molar refractivity (Wildman–Crippen MR) is 81.6 cm³/mol. The summed E-state index contributed by atoms with van der Waals surface area (Å²) in [4.78, 5) is 37.6. The van der Waals surface area contributed by atoms with E-state index in [1.54, 1.807) is 19.1 Å². The number of nitrogens with zero attached hydrogens (tertiary/aromatic N) is 3. The molecule has 1 heterocycles. The van der Waals surface area contributed by atoms with E-state index in [4.69, 9.17) is 9.94 Å². The monoisotopic (exact) mass is 317 g/mol. The van der Waals surface area contributed by atoms with Crippen molar-refractivity contribution >= 4 is 29.4 Å². The predicted octanol–water partition coefficient (Wildman–Crippen LogP) is 1.98. The smallest absolute Gasteiger partial charge is 0.418 e. The molecule has 1 aliphatic heterocycles. The average molecular weight is 317 g/mol. The largest absolute Gasteiger partial charge is 0.445 e. The van der Waals surface area contributed by atoms with Gasteiger partial charge in [0.15, 0.2) is 0 Å². The minimum Gasteiger partial charge on any atom is -0.445 e. The maximum Gasteiger partial charge on any atom is 0.418 e. The number of rotatable bonds is 4. The molecule has 0 atom stereocenters. The zero-order chi connectivity index (χ0) is 17.0. The first-order chi connectivity index (χ1) is 11.0. The van der Waals surface area contributed by atoms with Crippen LogP contribution in [0.25, 0.3) is 0 Å². The van der Waals surface area contributed by atoms with Gasteiger partial charge in [-0.1, -0.05) is 29.9 Å². The van der Waals surface area contributed by atoms with Crippen LogP contribution in [-0.2, 0) is 9.53 Å². The van der Waals surface area contributed by atoms with Gasteiger partial charge in [0, 0.05) is 0 Å². The van der Waals surface area contributed by atoms with Crippen LogP contribution in [0.4, 0.5) is 15.3 Å². The van der Waals surface area contributed by atoms with Crippen molar-refractivity contribution in [3.63, 3.8) is 0 Å². The summed E-state index contributed by atoms with van der Waals surface area (Å²) in [5.41, 5.74) is 1.34. The van der Waals surface area contributed by atoms with Crippen LogP contribution in [0.2, 0.25) is 0 Å². The highest BCUT2D eigenvalue weighted by Gasteiger charge is 2.41. The summed E-state index contributed by atoms with van der Waals surface area (Å²) < 4.78 is 4.77. The first kappa shape index (κ1) is 16.2. The molecule has 120 valence electrons. The fraction of sp³-hybridized carbons (Fsp3) is 0.200. The summed E-state index contributed by atoms with van der Waals surface area (Å²) in [6, 6.07) is 5.48. The molecule has 2 rings (SSSR count). The lowest BCUT2D eigenvalue weighted by Gasteiger charge is -2.15. The van der Waals surface area contributed by atoms with Gasteiger partial charge in [0.1, 0.15) is 13.2 Å². The van der Waals surface area contributed by atoms with Gasteiger partial charge in [-0.15, -0.1) is 0 Å². The van der Waals surface area contributed by atoms with Gasteiger partial charge in [0.2, 0.25) is 0 Å². The number of carbonyl (C=O) groups excluding carboxylic acids is 3. The lowest BCUT2D eigenvalue weighted by Crippen LogP contribution is -2.37. The summed E-state index contributed by atoms with van der Waals surface area (Å²) in [5.74, 6) is -0.536. The Morgan fingerprint density at radius 3 is 2.61 bits per heavy atom. The number of oxime groups is 1. The number of anilines is 1. The van der Waals surface area contributed by atoms with E-state index in [0.717, 1.165) is 9.80 Å². The molecule has 8 nitrogen and oxygen atoms in total. The molecule has 0 saturated carbocycles. The Hall–Kier alpha value is -3.16. The third-order valence-corrected chi connectivity index (χ3v) is 3.20. The zero-order valence-electron chi connectivity index (χ0n) is 12.4. The summed E-state index contributed by atoms with van der Waals surface area (Å²) in [6.45, 7) is 4.58. The van der Waals surface area contributed by atoms with Crippen molar-refractivity contribution in [3.05, 3.63) is 42.5 Å². The van der Waals surface area contributed by atoms with Crippen LogP contribution in [0, 0.1) is 0 Å². The van der Waals surface area contributed by atoms with E-state index in [9.17, 15) is 14.4 Å². The van der Waals surface area contributed by atoms with Gasteiger partial charge < -0.3 is 9.94 Å². The van der Waals surface area contributed by atoms with Crippen molar-refractivity contribution in [2.45, 2.75) is 6.92 Å². The second-order valence-electron chi connectivity index (χ2n) is 4.70. The van der Waals surface area contributed by atoms with Crippen molar-refractivity contribution in [3.8, 4) is 0 Å². The Morgan fingerprint density at radius 1 is 1.39 bits per heavy atom. The molecular formula is C15H15N3O5. The number of hydrogen-bond donors (Lipinski definition) is 1. The maximum atomic E-state index is 12.2. The van der Waals surface area contributed by atoms with Gasteiger partial charge in [-0.05, 0) is 24.6 Å².